The molecule has 6 unspecified atom stereocenters. The molecule has 4 aliphatic heterocycles. The first-order valence-corrected chi connectivity index (χ1v) is 15.1. The third-order valence-electron chi connectivity index (χ3n) is 9.91. The molecule has 1 saturated carbocycles. The number of likely N-dealkylation sites (tertiary alicyclic amines) is 1. The van der Waals surface area contributed by atoms with Crippen molar-refractivity contribution in [3.8, 4) is 0 Å². The number of nitrogens with zero attached hydrogens (tertiary/aromatic N) is 2. The largest absolute Gasteiger partial charge is 0.379 e. The highest BCUT2D eigenvalue weighted by Gasteiger charge is 2.72. The summed E-state index contributed by atoms with van der Waals surface area (Å²) in [5, 5.41) is 5.96. The van der Waals surface area contributed by atoms with Crippen LogP contribution in [-0.4, -0.2) is 90.7 Å². The first-order chi connectivity index (χ1) is 19.7. The Kier molecular flexibility index (Phi) is 7.86. The fourth-order valence-electron chi connectivity index (χ4n) is 7.43. The van der Waals surface area contributed by atoms with Gasteiger partial charge in [-0.05, 0) is 36.5 Å². The number of fused-ring (bicyclic) bond motifs is 1. The van der Waals surface area contributed by atoms with Crippen molar-refractivity contribution in [3.05, 3.63) is 41.2 Å². The average Bonchev–Trinajstić information content (AvgIpc) is 3.60. The zero-order valence-electron chi connectivity index (χ0n) is 23.5. The van der Waals surface area contributed by atoms with Gasteiger partial charge in [0.1, 0.15) is 17.5 Å². The van der Waals surface area contributed by atoms with Crippen LogP contribution in [0, 0.1) is 29.5 Å². The van der Waals surface area contributed by atoms with Gasteiger partial charge < -0.3 is 25.0 Å². The van der Waals surface area contributed by atoms with Gasteiger partial charge in [-0.2, -0.15) is 0 Å². The minimum absolute atomic E-state index is 0.0165. The topological polar surface area (TPSA) is 100 Å². The number of carbonyl (C=O) groups excluding carboxylic acids is 3. The Bertz CT molecular complexity index is 1240. The lowest BCUT2D eigenvalue weighted by Gasteiger charge is -2.38. The Hall–Kier alpha value is -2.53. The molecule has 0 aromatic heterocycles. The minimum atomic E-state index is -1.23. The van der Waals surface area contributed by atoms with Crippen LogP contribution < -0.4 is 10.6 Å². The van der Waals surface area contributed by atoms with E-state index in [0.29, 0.717) is 43.8 Å². The highest BCUT2D eigenvalue weighted by atomic mass is 35.5. The van der Waals surface area contributed by atoms with Crippen molar-refractivity contribution in [2.24, 2.45) is 23.7 Å². The molecular weight excluding hydrogens is 551 g/mol. The van der Waals surface area contributed by atoms with E-state index in [2.05, 4.69) is 29.4 Å². The van der Waals surface area contributed by atoms with Crippen LogP contribution in [0.2, 0.25) is 5.02 Å². The third kappa shape index (κ3) is 5.07. The molecule has 5 aliphatic rings. The number of amides is 3. The van der Waals surface area contributed by atoms with Crippen LogP contribution in [0.3, 0.4) is 0 Å². The number of morpholine rings is 1. The zero-order valence-corrected chi connectivity index (χ0v) is 24.2. The van der Waals surface area contributed by atoms with Gasteiger partial charge in [-0.1, -0.05) is 50.4 Å². The van der Waals surface area contributed by atoms with E-state index in [0.717, 1.165) is 32.4 Å². The van der Waals surface area contributed by atoms with Gasteiger partial charge in [0.15, 0.2) is 0 Å². The summed E-state index contributed by atoms with van der Waals surface area (Å²) >= 11 is 5.92. The summed E-state index contributed by atoms with van der Waals surface area (Å²) in [7, 11) is 0. The standard InChI is InChI=1S/C30H38ClFN4O5/c1-17-4-3-5-22(18(17)2)34-28(38)26-30-9-8-23(41-30)24(27(37)33-19-6-7-21(32)20(31)16-19)25(30)29(39)36(26)11-10-35-12-14-40-15-13-35/h6-9,16-18,22-26H,3-5,10-15H2,1-2H3,(H,33,37)(H,34,38)/t17?,18?,22?,23-,24?,25-,26?,30?/m1/s1. The fourth-order valence-corrected chi connectivity index (χ4v) is 7.61. The van der Waals surface area contributed by atoms with E-state index in [1.807, 2.05) is 6.08 Å². The van der Waals surface area contributed by atoms with Crippen LogP contribution in [0.4, 0.5) is 10.1 Å². The van der Waals surface area contributed by atoms with Crippen LogP contribution in [0.5, 0.6) is 0 Å². The van der Waals surface area contributed by atoms with Crippen LogP contribution in [-0.2, 0) is 23.9 Å². The molecule has 9 nitrogen and oxygen atoms in total. The highest BCUT2D eigenvalue weighted by molar-refractivity contribution is 6.31. The molecular formula is C30H38ClFN4O5. The lowest BCUT2D eigenvalue weighted by atomic mass is 9.73. The zero-order chi connectivity index (χ0) is 28.9. The Morgan fingerprint density at radius 3 is 2.68 bits per heavy atom. The molecule has 0 radical (unpaired) electrons. The molecule has 3 amide bonds. The van der Waals surface area contributed by atoms with E-state index in [-0.39, 0.29) is 22.9 Å². The normalized spacial score (nSPS) is 36.4. The van der Waals surface area contributed by atoms with Crippen molar-refractivity contribution >= 4 is 35.0 Å². The summed E-state index contributed by atoms with van der Waals surface area (Å²) in [6, 6.07) is 3.07. The van der Waals surface area contributed by atoms with E-state index >= 15 is 0 Å². The van der Waals surface area contributed by atoms with Crippen molar-refractivity contribution in [3.63, 3.8) is 0 Å². The Balaban J connectivity index is 1.27. The quantitative estimate of drug-likeness (QED) is 0.475. The van der Waals surface area contributed by atoms with E-state index in [9.17, 15) is 18.8 Å². The van der Waals surface area contributed by atoms with Crippen molar-refractivity contribution in [1.82, 2.24) is 15.1 Å². The van der Waals surface area contributed by atoms with Gasteiger partial charge in [-0.15, -0.1) is 0 Å². The van der Waals surface area contributed by atoms with E-state index in [4.69, 9.17) is 21.1 Å². The summed E-state index contributed by atoms with van der Waals surface area (Å²) in [4.78, 5) is 45.8. The molecule has 8 atom stereocenters. The lowest BCUT2D eigenvalue weighted by Crippen LogP contribution is -2.58. The van der Waals surface area contributed by atoms with Crippen LogP contribution in [0.15, 0.2) is 30.4 Å². The van der Waals surface area contributed by atoms with Crippen LogP contribution in [0.25, 0.3) is 0 Å². The molecule has 4 fully saturated rings. The Morgan fingerprint density at radius 1 is 1.15 bits per heavy atom. The van der Waals surface area contributed by atoms with Crippen molar-refractivity contribution in [2.75, 3.05) is 44.7 Å². The van der Waals surface area contributed by atoms with E-state index in [1.165, 1.54) is 18.2 Å². The number of nitrogens with one attached hydrogen (secondary N) is 2. The van der Waals surface area contributed by atoms with Crippen LogP contribution in [0.1, 0.15) is 33.1 Å². The number of halogens is 2. The van der Waals surface area contributed by atoms with E-state index in [1.54, 1.807) is 11.0 Å². The van der Waals surface area contributed by atoms with Gasteiger partial charge in [0.05, 0.1) is 36.2 Å². The molecule has 222 valence electrons. The van der Waals surface area contributed by atoms with Crippen molar-refractivity contribution in [2.45, 2.75) is 56.9 Å². The maximum Gasteiger partial charge on any atom is 0.246 e. The van der Waals surface area contributed by atoms with Gasteiger partial charge in [-0.3, -0.25) is 19.3 Å². The van der Waals surface area contributed by atoms with Crippen LogP contribution >= 0.6 is 11.6 Å². The number of rotatable bonds is 7. The molecule has 1 aromatic carbocycles. The number of hydrogen-bond acceptors (Lipinski definition) is 6. The summed E-state index contributed by atoms with van der Waals surface area (Å²) < 4.78 is 25.6. The summed E-state index contributed by atoms with van der Waals surface area (Å²) in [6.45, 7) is 8.10. The lowest BCUT2D eigenvalue weighted by molar-refractivity contribution is -0.142. The third-order valence-corrected chi connectivity index (χ3v) is 10.2. The Labute approximate surface area is 244 Å². The molecule has 2 bridgehead atoms. The maximum atomic E-state index is 14.2. The molecule has 41 heavy (non-hydrogen) atoms. The second-order valence-electron chi connectivity index (χ2n) is 12.2. The first kappa shape index (κ1) is 28.6. The number of hydrogen-bond donors (Lipinski definition) is 2. The molecule has 1 aliphatic carbocycles. The highest BCUT2D eigenvalue weighted by Crippen LogP contribution is 2.55. The van der Waals surface area contributed by atoms with Gasteiger partial charge in [-0.25, -0.2) is 4.39 Å². The molecule has 1 spiro atoms. The van der Waals surface area contributed by atoms with Crippen molar-refractivity contribution < 1.29 is 28.2 Å². The Morgan fingerprint density at radius 2 is 1.93 bits per heavy atom. The SMILES string of the molecule is CC1CCCC(NC(=O)C2N(CCN3CCOCC3)C(=O)[C@H]3C(C(=O)Nc4ccc(F)c(Cl)c4)[C@H]4C=CC23O4)C1C. The summed E-state index contributed by atoms with van der Waals surface area (Å²) in [5.41, 5.74) is -0.908. The molecule has 11 heteroatoms. The van der Waals surface area contributed by atoms with Gasteiger partial charge in [0.2, 0.25) is 17.7 Å². The van der Waals surface area contributed by atoms with Gasteiger partial charge in [0, 0.05) is 37.9 Å². The maximum absolute atomic E-state index is 14.2. The first-order valence-electron chi connectivity index (χ1n) is 14.7. The molecule has 3 saturated heterocycles. The second-order valence-corrected chi connectivity index (χ2v) is 12.6. The molecule has 1 aromatic rings. The minimum Gasteiger partial charge on any atom is -0.379 e. The van der Waals surface area contributed by atoms with Gasteiger partial charge >= 0.3 is 0 Å². The monoisotopic (exact) mass is 588 g/mol. The average molecular weight is 589 g/mol. The summed E-state index contributed by atoms with van der Waals surface area (Å²) in [6.07, 6.45) is 6.05. The summed E-state index contributed by atoms with van der Waals surface area (Å²) in [5.74, 6) is -2.38. The number of anilines is 1. The number of benzene rings is 1. The second kappa shape index (κ2) is 11.3. The predicted molar refractivity (Wildman–Crippen MR) is 151 cm³/mol. The van der Waals surface area contributed by atoms with E-state index < -0.39 is 41.3 Å². The molecule has 2 N–H and O–H groups in total. The molecule has 4 heterocycles. The number of carbonyl (C=O) groups is 3. The number of ether oxygens (including phenoxy) is 2. The van der Waals surface area contributed by atoms with Gasteiger partial charge in [0.25, 0.3) is 0 Å². The fraction of sp³-hybridized carbons (Fsp3) is 0.633. The van der Waals surface area contributed by atoms with Crippen molar-refractivity contribution in [1.29, 1.82) is 0 Å². The smallest absolute Gasteiger partial charge is 0.246 e. The molecule has 6 rings (SSSR count). The predicted octanol–water partition coefficient (Wildman–Crippen LogP) is 2.84.